The van der Waals surface area contributed by atoms with E-state index in [0.29, 0.717) is 0 Å². The van der Waals surface area contributed by atoms with Gasteiger partial charge in [0.1, 0.15) is 0 Å². The fraction of sp³-hybridized carbons (Fsp3) is 0.615. The van der Waals surface area contributed by atoms with Crippen molar-refractivity contribution in [2.75, 3.05) is 20.7 Å². The quantitative estimate of drug-likeness (QED) is 0.775. The van der Waals surface area contributed by atoms with Crippen molar-refractivity contribution in [2.24, 2.45) is 5.41 Å². The van der Waals surface area contributed by atoms with Gasteiger partial charge in [-0.1, -0.05) is 6.42 Å². The Morgan fingerprint density at radius 3 is 2.72 bits per heavy atom. The topological polar surface area (TPSA) is 29.5 Å². The summed E-state index contributed by atoms with van der Waals surface area (Å²) in [5, 5.41) is 0. The molecule has 1 saturated carbocycles. The van der Waals surface area contributed by atoms with Crippen molar-refractivity contribution in [3.05, 3.63) is 20.8 Å². The first-order valence-electron chi connectivity index (χ1n) is 6.07. The molecular weight excluding hydrogens is 314 g/mol. The highest BCUT2D eigenvalue weighted by Crippen LogP contribution is 2.42. The van der Waals surface area contributed by atoms with Gasteiger partial charge in [-0.2, -0.15) is 0 Å². The molecule has 0 aromatic carbocycles. The van der Waals surface area contributed by atoms with Crippen molar-refractivity contribution in [1.29, 1.82) is 0 Å². The molecule has 0 bridgehead atoms. The van der Waals surface area contributed by atoms with E-state index in [4.69, 9.17) is 4.74 Å². The zero-order valence-electron chi connectivity index (χ0n) is 10.7. The molecule has 0 aliphatic heterocycles. The van der Waals surface area contributed by atoms with Crippen molar-refractivity contribution >= 4 is 33.2 Å². The van der Waals surface area contributed by atoms with Crippen molar-refractivity contribution in [3.63, 3.8) is 0 Å². The minimum absolute atomic E-state index is 0.0482. The Morgan fingerprint density at radius 1 is 1.56 bits per heavy atom. The van der Waals surface area contributed by atoms with Crippen molar-refractivity contribution in [2.45, 2.75) is 25.8 Å². The van der Waals surface area contributed by atoms with E-state index < -0.39 is 0 Å². The molecule has 1 heterocycles. The van der Waals surface area contributed by atoms with Gasteiger partial charge in [-0.25, -0.2) is 0 Å². The molecule has 0 saturated heterocycles. The predicted octanol–water partition coefficient (Wildman–Crippen LogP) is 3.29. The van der Waals surface area contributed by atoms with E-state index in [0.717, 1.165) is 36.1 Å². The first-order chi connectivity index (χ1) is 8.55. The van der Waals surface area contributed by atoms with Crippen LogP contribution in [0.1, 0.15) is 24.1 Å². The largest absolute Gasteiger partial charge is 0.469 e. The standard InChI is InChI=1S/C13H18BrNO2S/c1-15(8-10-4-5-11(14)18-10)9-13(6-3-7-13)12(16)17-2/h4-5H,3,6-9H2,1-2H3. The number of rotatable bonds is 5. The summed E-state index contributed by atoms with van der Waals surface area (Å²) in [7, 11) is 3.55. The molecule has 0 amide bonds. The van der Waals surface area contributed by atoms with E-state index in [2.05, 4.69) is 40.0 Å². The fourth-order valence-corrected chi connectivity index (χ4v) is 4.09. The maximum Gasteiger partial charge on any atom is 0.313 e. The molecule has 3 nitrogen and oxygen atoms in total. The zero-order valence-corrected chi connectivity index (χ0v) is 13.1. The number of hydrogen-bond donors (Lipinski definition) is 0. The van der Waals surface area contributed by atoms with Gasteiger partial charge in [0, 0.05) is 18.0 Å². The molecule has 5 heteroatoms. The first-order valence-corrected chi connectivity index (χ1v) is 7.68. The van der Waals surface area contributed by atoms with Crippen molar-refractivity contribution in [3.8, 4) is 0 Å². The molecule has 2 rings (SSSR count). The summed E-state index contributed by atoms with van der Waals surface area (Å²) in [5.41, 5.74) is -0.252. The molecule has 1 aromatic rings. The molecule has 0 radical (unpaired) electrons. The molecule has 18 heavy (non-hydrogen) atoms. The van der Waals surface area contributed by atoms with Crippen LogP contribution in [0.2, 0.25) is 0 Å². The molecule has 1 fully saturated rings. The number of methoxy groups -OCH3 is 1. The van der Waals surface area contributed by atoms with E-state index in [-0.39, 0.29) is 11.4 Å². The molecule has 0 N–H and O–H groups in total. The Balaban J connectivity index is 1.94. The van der Waals surface area contributed by atoms with Gasteiger partial charge in [-0.05, 0) is 48.0 Å². The Kier molecular flexibility index (Phi) is 4.45. The second-order valence-corrected chi connectivity index (χ2v) is 7.55. The summed E-state index contributed by atoms with van der Waals surface area (Å²) in [6, 6.07) is 4.18. The van der Waals surface area contributed by atoms with Crippen LogP contribution in [-0.2, 0) is 16.1 Å². The van der Waals surface area contributed by atoms with Crippen LogP contribution in [0.4, 0.5) is 0 Å². The first kappa shape index (κ1) is 14.0. The maximum absolute atomic E-state index is 11.9. The smallest absolute Gasteiger partial charge is 0.313 e. The molecular formula is C13H18BrNO2S. The van der Waals surface area contributed by atoms with Gasteiger partial charge < -0.3 is 9.64 Å². The van der Waals surface area contributed by atoms with Crippen LogP contribution < -0.4 is 0 Å². The number of carbonyl (C=O) groups excluding carboxylic acids is 1. The summed E-state index contributed by atoms with van der Waals surface area (Å²) >= 11 is 5.21. The lowest BCUT2D eigenvalue weighted by atomic mass is 9.68. The van der Waals surface area contributed by atoms with Crippen LogP contribution in [-0.4, -0.2) is 31.6 Å². The highest BCUT2D eigenvalue weighted by Gasteiger charge is 2.45. The average Bonchev–Trinajstić information content (AvgIpc) is 2.68. The van der Waals surface area contributed by atoms with Crippen LogP contribution in [0, 0.1) is 5.41 Å². The van der Waals surface area contributed by atoms with Gasteiger partial charge >= 0.3 is 5.97 Å². The second kappa shape index (κ2) is 5.72. The van der Waals surface area contributed by atoms with Gasteiger partial charge in [0.15, 0.2) is 0 Å². The lowest BCUT2D eigenvalue weighted by Crippen LogP contribution is -2.47. The van der Waals surface area contributed by atoms with Gasteiger partial charge in [0.2, 0.25) is 0 Å². The van der Waals surface area contributed by atoms with Gasteiger partial charge in [0.05, 0.1) is 16.3 Å². The molecule has 1 aliphatic rings. The van der Waals surface area contributed by atoms with Crippen LogP contribution in [0.3, 0.4) is 0 Å². The van der Waals surface area contributed by atoms with E-state index in [1.807, 2.05) is 0 Å². The Hall–Kier alpha value is -0.390. The predicted molar refractivity (Wildman–Crippen MR) is 76.7 cm³/mol. The summed E-state index contributed by atoms with van der Waals surface area (Å²) < 4.78 is 6.09. The third-order valence-electron chi connectivity index (χ3n) is 3.56. The molecule has 0 atom stereocenters. The average molecular weight is 332 g/mol. The summed E-state index contributed by atoms with van der Waals surface area (Å²) in [6.45, 7) is 1.67. The Bertz CT molecular complexity index is 428. The monoisotopic (exact) mass is 331 g/mol. The Labute approximate surface area is 120 Å². The van der Waals surface area contributed by atoms with E-state index in [1.165, 1.54) is 12.0 Å². The third-order valence-corrected chi connectivity index (χ3v) is 5.16. The minimum Gasteiger partial charge on any atom is -0.469 e. The lowest BCUT2D eigenvalue weighted by molar-refractivity contribution is -0.160. The number of carbonyl (C=O) groups is 1. The van der Waals surface area contributed by atoms with Gasteiger partial charge in [0.25, 0.3) is 0 Å². The number of ether oxygens (including phenoxy) is 1. The SMILES string of the molecule is COC(=O)C1(CN(C)Cc2ccc(Br)s2)CCC1. The van der Waals surface area contributed by atoms with Crippen molar-refractivity contribution in [1.82, 2.24) is 4.90 Å². The van der Waals surface area contributed by atoms with Crippen molar-refractivity contribution < 1.29 is 9.53 Å². The molecule has 1 aliphatic carbocycles. The van der Waals surface area contributed by atoms with Gasteiger partial charge in [-0.3, -0.25) is 4.79 Å². The Morgan fingerprint density at radius 2 is 2.28 bits per heavy atom. The minimum atomic E-state index is -0.252. The number of thiophene rings is 1. The number of esters is 1. The van der Waals surface area contributed by atoms with E-state index in [1.54, 1.807) is 11.3 Å². The second-order valence-electron chi connectivity index (χ2n) is 5.00. The molecule has 1 aromatic heterocycles. The highest BCUT2D eigenvalue weighted by atomic mass is 79.9. The number of halogens is 1. The summed E-state index contributed by atoms with van der Waals surface area (Å²) in [4.78, 5) is 15.4. The van der Waals surface area contributed by atoms with Crippen LogP contribution in [0.25, 0.3) is 0 Å². The number of nitrogens with zero attached hydrogens (tertiary/aromatic N) is 1. The van der Waals surface area contributed by atoms with Crippen LogP contribution in [0.15, 0.2) is 15.9 Å². The van der Waals surface area contributed by atoms with E-state index in [9.17, 15) is 4.79 Å². The lowest BCUT2D eigenvalue weighted by Gasteiger charge is -2.41. The number of hydrogen-bond acceptors (Lipinski definition) is 4. The summed E-state index contributed by atoms with van der Waals surface area (Å²) in [5.74, 6) is -0.0482. The zero-order chi connectivity index (χ0) is 13.2. The maximum atomic E-state index is 11.9. The van der Waals surface area contributed by atoms with E-state index >= 15 is 0 Å². The van der Waals surface area contributed by atoms with Crippen LogP contribution >= 0.6 is 27.3 Å². The third kappa shape index (κ3) is 2.95. The fourth-order valence-electron chi connectivity index (χ4n) is 2.52. The highest BCUT2D eigenvalue weighted by molar-refractivity contribution is 9.11. The molecule has 0 spiro atoms. The normalized spacial score (nSPS) is 17.6. The van der Waals surface area contributed by atoms with Crippen LogP contribution in [0.5, 0.6) is 0 Å². The van der Waals surface area contributed by atoms with Gasteiger partial charge in [-0.15, -0.1) is 11.3 Å². The summed E-state index contributed by atoms with van der Waals surface area (Å²) in [6.07, 6.45) is 3.05. The molecule has 100 valence electrons. The molecule has 0 unspecified atom stereocenters.